The van der Waals surface area contributed by atoms with Gasteiger partial charge in [-0.05, 0) is 114 Å². The highest BCUT2D eigenvalue weighted by atomic mass is 15.1. The second kappa shape index (κ2) is 18.9. The van der Waals surface area contributed by atoms with E-state index in [1.165, 1.54) is 72.0 Å². The zero-order valence-corrected chi connectivity index (χ0v) is 23.0. The minimum absolute atomic E-state index is 1.03. The van der Waals surface area contributed by atoms with Crippen molar-refractivity contribution in [1.82, 2.24) is 4.90 Å². The van der Waals surface area contributed by atoms with Crippen LogP contribution in [0, 0.1) is 0 Å². The van der Waals surface area contributed by atoms with E-state index in [1.54, 1.807) is 0 Å². The number of nitrogens with zero attached hydrogens (tertiary/aromatic N) is 1. The Morgan fingerprint density at radius 1 is 0.438 bits per heavy atom. The van der Waals surface area contributed by atoms with Crippen LogP contribution in [0.1, 0.15) is 107 Å². The third-order valence-electron chi connectivity index (χ3n) is 5.75. The average Bonchev–Trinajstić information content (AvgIpc) is 2.70. The maximum Gasteiger partial charge on any atom is 0.0165 e. The monoisotopic (exact) mass is 439 g/mol. The molecule has 0 amide bonds. The molecule has 0 rings (SSSR count). The molecule has 0 atom stereocenters. The van der Waals surface area contributed by atoms with E-state index in [0.717, 1.165) is 25.9 Å². The number of allylic oxidation sites excluding steroid dienone is 10. The van der Waals surface area contributed by atoms with Crippen LogP contribution in [0.4, 0.5) is 0 Å². The lowest BCUT2D eigenvalue weighted by atomic mass is 10.1. The number of rotatable bonds is 16. The first-order valence-corrected chi connectivity index (χ1v) is 12.7. The molecule has 0 spiro atoms. The second-order valence-corrected chi connectivity index (χ2v) is 10.1. The molecule has 0 heterocycles. The molecule has 0 unspecified atom stereocenters. The summed E-state index contributed by atoms with van der Waals surface area (Å²) in [6, 6.07) is 0. The average molecular weight is 440 g/mol. The third-order valence-corrected chi connectivity index (χ3v) is 5.75. The van der Waals surface area contributed by atoms with Gasteiger partial charge in [0, 0.05) is 13.1 Å². The highest BCUT2D eigenvalue weighted by Crippen LogP contribution is 2.13. The molecule has 0 saturated heterocycles. The standard InChI is InChI=1S/C31H53N/c1-26(2)14-10-16-28(5)18-12-20-30(7)22-24-32(9)25-23-31(8)21-13-19-29(6)17-11-15-27(3)4/h14-15,18-19,22-23H,10-13,16-17,20-21,24-25H2,1-9H3/b28-18+,29-19+,30-22+,31-23+. The van der Waals surface area contributed by atoms with E-state index in [4.69, 9.17) is 0 Å². The van der Waals surface area contributed by atoms with Crippen LogP contribution in [0.2, 0.25) is 0 Å². The van der Waals surface area contributed by atoms with Gasteiger partial charge in [-0.3, -0.25) is 4.90 Å². The third kappa shape index (κ3) is 20.3. The van der Waals surface area contributed by atoms with Gasteiger partial charge in [-0.1, -0.05) is 69.9 Å². The maximum atomic E-state index is 2.42. The van der Waals surface area contributed by atoms with Crippen molar-refractivity contribution >= 4 is 0 Å². The number of hydrogen-bond donors (Lipinski definition) is 0. The van der Waals surface area contributed by atoms with Crippen LogP contribution < -0.4 is 0 Å². The van der Waals surface area contributed by atoms with Crippen LogP contribution in [0.5, 0.6) is 0 Å². The summed E-state index contributed by atoms with van der Waals surface area (Å²) in [5.41, 5.74) is 8.88. The lowest BCUT2D eigenvalue weighted by Crippen LogP contribution is -2.18. The van der Waals surface area contributed by atoms with Crippen molar-refractivity contribution < 1.29 is 0 Å². The highest BCUT2D eigenvalue weighted by molar-refractivity contribution is 5.08. The summed E-state index contributed by atoms with van der Waals surface area (Å²) in [5.74, 6) is 0. The molecule has 182 valence electrons. The molecule has 0 aromatic carbocycles. The zero-order chi connectivity index (χ0) is 24.4. The molecule has 1 heteroatoms. The van der Waals surface area contributed by atoms with Crippen LogP contribution >= 0.6 is 0 Å². The molecule has 0 fully saturated rings. The SMILES string of the molecule is CC(C)=CCC/C(C)=C/CC/C(C)=C/CN(C)C/C=C(\C)CC/C=C(\C)CCC=C(C)C. The van der Waals surface area contributed by atoms with E-state index < -0.39 is 0 Å². The van der Waals surface area contributed by atoms with E-state index in [1.807, 2.05) is 0 Å². The molecule has 0 radical (unpaired) electrons. The van der Waals surface area contributed by atoms with Crippen molar-refractivity contribution in [2.24, 2.45) is 0 Å². The molecule has 32 heavy (non-hydrogen) atoms. The van der Waals surface area contributed by atoms with Crippen molar-refractivity contribution in [1.29, 1.82) is 0 Å². The Labute approximate surface area is 201 Å². The van der Waals surface area contributed by atoms with Gasteiger partial charge in [0.2, 0.25) is 0 Å². The Morgan fingerprint density at radius 3 is 1.03 bits per heavy atom. The highest BCUT2D eigenvalue weighted by Gasteiger charge is 1.97. The quantitative estimate of drug-likeness (QED) is 0.216. The Hall–Kier alpha value is -1.60. The van der Waals surface area contributed by atoms with Crippen molar-refractivity contribution in [3.05, 3.63) is 69.9 Å². The minimum atomic E-state index is 1.03. The molecule has 0 saturated carbocycles. The molecular formula is C31H53N. The first-order chi connectivity index (χ1) is 15.1. The van der Waals surface area contributed by atoms with Gasteiger partial charge in [0.15, 0.2) is 0 Å². The second-order valence-electron chi connectivity index (χ2n) is 10.1. The van der Waals surface area contributed by atoms with E-state index in [9.17, 15) is 0 Å². The largest absolute Gasteiger partial charge is 0.299 e. The molecule has 0 aromatic heterocycles. The number of likely N-dealkylation sites (N-methyl/N-ethyl adjacent to an activating group) is 1. The summed E-state index contributed by atoms with van der Waals surface area (Å²) < 4.78 is 0. The fraction of sp³-hybridized carbons (Fsp3) is 0.613. The fourth-order valence-electron chi connectivity index (χ4n) is 3.38. The van der Waals surface area contributed by atoms with Crippen molar-refractivity contribution in [2.75, 3.05) is 20.1 Å². The summed E-state index contributed by atoms with van der Waals surface area (Å²) in [6.45, 7) is 19.8. The molecule has 0 aliphatic heterocycles. The van der Waals surface area contributed by atoms with Gasteiger partial charge in [0.05, 0.1) is 0 Å². The van der Waals surface area contributed by atoms with E-state index in [-0.39, 0.29) is 0 Å². The first-order valence-electron chi connectivity index (χ1n) is 12.7. The predicted octanol–water partition coefficient (Wildman–Crippen LogP) is 9.76. The van der Waals surface area contributed by atoms with Gasteiger partial charge >= 0.3 is 0 Å². The molecule has 0 aliphatic carbocycles. The molecule has 0 aliphatic rings. The van der Waals surface area contributed by atoms with Crippen LogP contribution in [0.3, 0.4) is 0 Å². The molecule has 1 nitrogen and oxygen atoms in total. The smallest absolute Gasteiger partial charge is 0.0165 e. The number of hydrogen-bond acceptors (Lipinski definition) is 1. The lowest BCUT2D eigenvalue weighted by molar-refractivity contribution is 0.410. The van der Waals surface area contributed by atoms with Gasteiger partial charge in [0.1, 0.15) is 0 Å². The molecule has 0 bridgehead atoms. The maximum absolute atomic E-state index is 2.42. The van der Waals surface area contributed by atoms with Crippen LogP contribution in [-0.2, 0) is 0 Å². The van der Waals surface area contributed by atoms with Crippen molar-refractivity contribution in [3.8, 4) is 0 Å². The van der Waals surface area contributed by atoms with Gasteiger partial charge in [-0.2, -0.15) is 0 Å². The first kappa shape index (κ1) is 30.4. The normalized spacial score (nSPS) is 13.6. The lowest BCUT2D eigenvalue weighted by Gasteiger charge is -2.13. The van der Waals surface area contributed by atoms with Gasteiger partial charge in [0.25, 0.3) is 0 Å². The van der Waals surface area contributed by atoms with Crippen molar-refractivity contribution in [3.63, 3.8) is 0 Å². The van der Waals surface area contributed by atoms with Crippen molar-refractivity contribution in [2.45, 2.75) is 107 Å². The van der Waals surface area contributed by atoms with Gasteiger partial charge < -0.3 is 0 Å². The van der Waals surface area contributed by atoms with Crippen LogP contribution in [-0.4, -0.2) is 25.0 Å². The van der Waals surface area contributed by atoms with Crippen LogP contribution in [0.25, 0.3) is 0 Å². The summed E-state index contributed by atoms with van der Waals surface area (Å²) in [4.78, 5) is 2.40. The van der Waals surface area contributed by atoms with Crippen LogP contribution in [0.15, 0.2) is 69.9 Å². The Kier molecular flexibility index (Phi) is 18.0. The summed E-state index contributed by atoms with van der Waals surface area (Å²) in [5, 5.41) is 0. The van der Waals surface area contributed by atoms with Gasteiger partial charge in [-0.25, -0.2) is 0 Å². The van der Waals surface area contributed by atoms with Gasteiger partial charge in [-0.15, -0.1) is 0 Å². The summed E-state index contributed by atoms with van der Waals surface area (Å²) in [7, 11) is 2.22. The Morgan fingerprint density at radius 2 is 0.719 bits per heavy atom. The predicted molar refractivity (Wildman–Crippen MR) is 148 cm³/mol. The van der Waals surface area contributed by atoms with E-state index >= 15 is 0 Å². The fourth-order valence-corrected chi connectivity index (χ4v) is 3.38. The Bertz CT molecular complexity index is 626. The van der Waals surface area contributed by atoms with E-state index in [0.29, 0.717) is 0 Å². The molecule has 0 aromatic rings. The topological polar surface area (TPSA) is 3.24 Å². The minimum Gasteiger partial charge on any atom is -0.299 e. The Balaban J connectivity index is 4.17. The summed E-state index contributed by atoms with van der Waals surface area (Å²) >= 11 is 0. The van der Waals surface area contributed by atoms with E-state index in [2.05, 4.69) is 104 Å². The zero-order valence-electron chi connectivity index (χ0n) is 23.0. The molecular weight excluding hydrogens is 386 g/mol. The summed E-state index contributed by atoms with van der Waals surface area (Å²) in [6.07, 6.45) is 23.7. The molecule has 0 N–H and O–H groups in total.